The Bertz CT molecular complexity index is 502. The number of carbonyl (C=O) groups is 2. The predicted molar refractivity (Wildman–Crippen MR) is 77.5 cm³/mol. The molecule has 0 bridgehead atoms. The fraction of sp³-hybridized carbons (Fsp3) is 0.429. The van der Waals surface area contributed by atoms with Crippen LogP contribution in [-0.2, 0) is 9.53 Å². The summed E-state index contributed by atoms with van der Waals surface area (Å²) in [6.07, 6.45) is 2.17. The van der Waals surface area contributed by atoms with Crippen LogP contribution in [0.15, 0.2) is 12.1 Å². The number of halogens is 1. The van der Waals surface area contributed by atoms with Gasteiger partial charge in [-0.15, -0.1) is 0 Å². The number of esters is 1. The highest BCUT2D eigenvalue weighted by Crippen LogP contribution is 2.31. The number of methoxy groups -OCH3 is 2. The molecule has 1 aromatic carbocycles. The van der Waals surface area contributed by atoms with E-state index in [1.807, 2.05) is 6.92 Å². The number of unbranched alkanes of at least 4 members (excludes halogenated alkanes) is 1. The third-order valence-electron chi connectivity index (χ3n) is 2.73. The number of hydrogen-bond acceptors (Lipinski definition) is 4. The molecule has 1 N–H and O–H groups in total. The molecule has 0 aromatic heterocycles. The van der Waals surface area contributed by atoms with Crippen molar-refractivity contribution >= 4 is 29.2 Å². The molecule has 1 amide bonds. The lowest BCUT2D eigenvalue weighted by Gasteiger charge is -2.12. The van der Waals surface area contributed by atoms with Crippen LogP contribution in [0.1, 0.15) is 36.5 Å². The molecule has 0 saturated carbocycles. The summed E-state index contributed by atoms with van der Waals surface area (Å²) in [5, 5.41) is 2.96. The summed E-state index contributed by atoms with van der Waals surface area (Å²) in [6, 6.07) is 2.93. The molecule has 0 unspecified atom stereocenters. The van der Waals surface area contributed by atoms with Crippen molar-refractivity contribution in [3.05, 3.63) is 22.7 Å². The molecule has 5 nitrogen and oxygen atoms in total. The second kappa shape index (κ2) is 7.75. The van der Waals surface area contributed by atoms with Gasteiger partial charge in [0.1, 0.15) is 11.3 Å². The molecule has 0 aliphatic heterocycles. The first kappa shape index (κ1) is 16.3. The van der Waals surface area contributed by atoms with E-state index in [1.54, 1.807) is 0 Å². The summed E-state index contributed by atoms with van der Waals surface area (Å²) in [7, 11) is 2.70. The first-order valence-corrected chi connectivity index (χ1v) is 6.67. The van der Waals surface area contributed by atoms with Gasteiger partial charge < -0.3 is 14.8 Å². The van der Waals surface area contributed by atoms with Crippen LogP contribution in [0.5, 0.6) is 5.75 Å². The highest BCUT2D eigenvalue weighted by atomic mass is 35.5. The van der Waals surface area contributed by atoms with E-state index < -0.39 is 5.97 Å². The van der Waals surface area contributed by atoms with Gasteiger partial charge in [0, 0.05) is 12.5 Å². The molecule has 1 aromatic rings. The maximum absolute atomic E-state index is 11.7. The van der Waals surface area contributed by atoms with Crippen LogP contribution in [0.2, 0.25) is 5.02 Å². The summed E-state index contributed by atoms with van der Waals surface area (Å²) < 4.78 is 9.76. The number of anilines is 1. The molecule has 0 radical (unpaired) electrons. The zero-order valence-corrected chi connectivity index (χ0v) is 12.5. The normalized spacial score (nSPS) is 10.0. The highest BCUT2D eigenvalue weighted by molar-refractivity contribution is 6.34. The van der Waals surface area contributed by atoms with Crippen molar-refractivity contribution in [1.82, 2.24) is 0 Å². The molecule has 0 aliphatic carbocycles. The Hall–Kier alpha value is -1.75. The summed E-state index contributed by atoms with van der Waals surface area (Å²) >= 11 is 6.06. The summed E-state index contributed by atoms with van der Waals surface area (Å²) in [6.45, 7) is 2.01. The lowest BCUT2D eigenvalue weighted by atomic mass is 10.1. The summed E-state index contributed by atoms with van der Waals surface area (Å²) in [4.78, 5) is 23.3. The van der Waals surface area contributed by atoms with Crippen LogP contribution in [0.3, 0.4) is 0 Å². The van der Waals surface area contributed by atoms with Crippen LogP contribution >= 0.6 is 11.6 Å². The van der Waals surface area contributed by atoms with Gasteiger partial charge in [-0.3, -0.25) is 4.79 Å². The van der Waals surface area contributed by atoms with Gasteiger partial charge in [0.05, 0.1) is 24.9 Å². The molecule has 20 heavy (non-hydrogen) atoms. The smallest absolute Gasteiger partial charge is 0.341 e. The van der Waals surface area contributed by atoms with Crippen molar-refractivity contribution in [2.24, 2.45) is 0 Å². The van der Waals surface area contributed by atoms with Crippen LogP contribution in [0, 0.1) is 0 Å². The molecule has 110 valence electrons. The number of amides is 1. The Morgan fingerprint density at radius 2 is 2.00 bits per heavy atom. The molecule has 0 saturated heterocycles. The third kappa shape index (κ3) is 4.13. The number of hydrogen-bond donors (Lipinski definition) is 1. The van der Waals surface area contributed by atoms with Gasteiger partial charge in [0.15, 0.2) is 0 Å². The maximum Gasteiger partial charge on any atom is 0.341 e. The lowest BCUT2D eigenvalue weighted by molar-refractivity contribution is -0.116. The second-order valence-corrected chi connectivity index (χ2v) is 4.58. The maximum atomic E-state index is 11.7. The predicted octanol–water partition coefficient (Wildman–Crippen LogP) is 3.26. The second-order valence-electron chi connectivity index (χ2n) is 4.18. The van der Waals surface area contributed by atoms with Gasteiger partial charge in [-0.25, -0.2) is 4.79 Å². The minimum Gasteiger partial charge on any atom is -0.496 e. The zero-order valence-electron chi connectivity index (χ0n) is 11.8. The first-order chi connectivity index (χ1) is 9.53. The minimum absolute atomic E-state index is 0.123. The fourth-order valence-corrected chi connectivity index (χ4v) is 1.85. The Balaban J connectivity index is 2.99. The van der Waals surface area contributed by atoms with Gasteiger partial charge in [-0.1, -0.05) is 24.9 Å². The van der Waals surface area contributed by atoms with Crippen molar-refractivity contribution < 1.29 is 19.1 Å². The molecule has 0 spiro atoms. The van der Waals surface area contributed by atoms with Gasteiger partial charge in [0.2, 0.25) is 5.91 Å². The molecule has 1 rings (SSSR count). The SMILES string of the molecule is CCCCC(=O)Nc1cc(OC)c(C(=O)OC)cc1Cl. The summed E-state index contributed by atoms with van der Waals surface area (Å²) in [5.74, 6) is -0.374. The number of rotatable bonds is 6. The van der Waals surface area contributed by atoms with Crippen LogP contribution < -0.4 is 10.1 Å². The highest BCUT2D eigenvalue weighted by Gasteiger charge is 2.17. The molecule has 0 fully saturated rings. The Morgan fingerprint density at radius 3 is 2.55 bits per heavy atom. The number of benzene rings is 1. The van der Waals surface area contributed by atoms with Crippen molar-refractivity contribution in [3.8, 4) is 5.75 Å². The molecular weight excluding hydrogens is 282 g/mol. The number of ether oxygens (including phenoxy) is 2. The van der Waals surface area contributed by atoms with E-state index >= 15 is 0 Å². The van der Waals surface area contributed by atoms with E-state index in [0.29, 0.717) is 17.9 Å². The largest absolute Gasteiger partial charge is 0.496 e. The topological polar surface area (TPSA) is 64.6 Å². The molecule has 0 heterocycles. The average Bonchev–Trinajstić information content (AvgIpc) is 2.45. The van der Waals surface area contributed by atoms with E-state index in [0.717, 1.165) is 12.8 Å². The summed E-state index contributed by atoms with van der Waals surface area (Å²) in [5.41, 5.74) is 0.629. The van der Waals surface area contributed by atoms with Crippen LogP contribution in [-0.4, -0.2) is 26.1 Å². The molecular formula is C14H18ClNO4. The molecule has 0 atom stereocenters. The van der Waals surface area contributed by atoms with Crippen molar-refractivity contribution in [3.63, 3.8) is 0 Å². The Morgan fingerprint density at radius 1 is 1.30 bits per heavy atom. The molecule has 0 aliphatic rings. The quantitative estimate of drug-likeness (QED) is 0.819. The number of nitrogens with one attached hydrogen (secondary N) is 1. The third-order valence-corrected chi connectivity index (χ3v) is 3.04. The monoisotopic (exact) mass is 299 g/mol. The standard InChI is InChI=1S/C14H18ClNO4/c1-4-5-6-13(17)16-11-8-12(19-2)9(7-10(11)15)14(18)20-3/h7-8H,4-6H2,1-3H3,(H,16,17). The van der Waals surface area contributed by atoms with Gasteiger partial charge >= 0.3 is 5.97 Å². The Kier molecular flexibility index (Phi) is 6.31. The van der Waals surface area contributed by atoms with E-state index in [-0.39, 0.29) is 16.5 Å². The van der Waals surface area contributed by atoms with Crippen LogP contribution in [0.25, 0.3) is 0 Å². The van der Waals surface area contributed by atoms with E-state index in [2.05, 4.69) is 10.1 Å². The minimum atomic E-state index is -0.549. The fourth-order valence-electron chi connectivity index (χ4n) is 1.64. The van der Waals surface area contributed by atoms with Gasteiger partial charge in [-0.2, -0.15) is 0 Å². The zero-order chi connectivity index (χ0) is 15.1. The van der Waals surface area contributed by atoms with Crippen molar-refractivity contribution in [2.75, 3.05) is 19.5 Å². The Labute approximate surface area is 123 Å². The first-order valence-electron chi connectivity index (χ1n) is 6.29. The van der Waals surface area contributed by atoms with Gasteiger partial charge in [0.25, 0.3) is 0 Å². The number of carbonyl (C=O) groups excluding carboxylic acids is 2. The molecule has 6 heteroatoms. The average molecular weight is 300 g/mol. The van der Waals surface area contributed by atoms with Gasteiger partial charge in [-0.05, 0) is 12.5 Å². The van der Waals surface area contributed by atoms with E-state index in [1.165, 1.54) is 26.4 Å². The lowest BCUT2D eigenvalue weighted by Crippen LogP contribution is -2.12. The van der Waals surface area contributed by atoms with E-state index in [9.17, 15) is 9.59 Å². The van der Waals surface area contributed by atoms with E-state index in [4.69, 9.17) is 16.3 Å². The van der Waals surface area contributed by atoms with Crippen molar-refractivity contribution in [1.29, 1.82) is 0 Å². The van der Waals surface area contributed by atoms with Crippen LogP contribution in [0.4, 0.5) is 5.69 Å². The van der Waals surface area contributed by atoms with Crippen molar-refractivity contribution in [2.45, 2.75) is 26.2 Å².